The van der Waals surface area contributed by atoms with Crippen molar-refractivity contribution in [2.75, 3.05) is 31.8 Å². The molecule has 24 heavy (non-hydrogen) atoms. The van der Waals surface area contributed by atoms with E-state index in [-0.39, 0.29) is 17.9 Å². The van der Waals surface area contributed by atoms with Crippen LogP contribution in [0.4, 0.5) is 0 Å². The van der Waals surface area contributed by atoms with E-state index in [4.69, 9.17) is 11.6 Å². The number of benzene rings is 1. The molecule has 2 amide bonds. The van der Waals surface area contributed by atoms with Crippen molar-refractivity contribution < 1.29 is 9.59 Å². The number of carbonyl (C=O) groups excluding carboxylic acids is 2. The lowest BCUT2D eigenvalue weighted by atomic mass is 10.0. The Labute approximate surface area is 151 Å². The molecule has 2 aliphatic heterocycles. The molecule has 2 atom stereocenters. The summed E-state index contributed by atoms with van der Waals surface area (Å²) in [7, 11) is 1.93. The number of thioether (sulfide) groups is 1. The fraction of sp³-hybridized carbons (Fsp3) is 0.529. The summed E-state index contributed by atoms with van der Waals surface area (Å²) in [5.74, 6) is 1.19. The molecule has 0 aromatic heterocycles. The maximum Gasteiger partial charge on any atom is 0.255 e. The van der Waals surface area contributed by atoms with Crippen LogP contribution in [0.3, 0.4) is 0 Å². The van der Waals surface area contributed by atoms with Crippen molar-refractivity contribution in [3.63, 3.8) is 0 Å². The summed E-state index contributed by atoms with van der Waals surface area (Å²) in [5, 5.41) is 3.85. The number of halogens is 1. The molecule has 2 fully saturated rings. The van der Waals surface area contributed by atoms with E-state index in [0.29, 0.717) is 28.3 Å². The van der Waals surface area contributed by atoms with Gasteiger partial charge in [-0.2, -0.15) is 0 Å². The third-order valence-electron chi connectivity index (χ3n) is 4.66. The first-order valence-electron chi connectivity index (χ1n) is 8.20. The van der Waals surface area contributed by atoms with Gasteiger partial charge in [0.1, 0.15) is 6.04 Å². The highest BCUT2D eigenvalue weighted by molar-refractivity contribution is 7.99. The minimum absolute atomic E-state index is 0.0715. The summed E-state index contributed by atoms with van der Waals surface area (Å²) in [5.41, 5.74) is 0.575. The largest absolute Gasteiger partial charge is 0.339 e. The van der Waals surface area contributed by atoms with Crippen LogP contribution in [0.25, 0.3) is 0 Å². The number of rotatable bonds is 3. The van der Waals surface area contributed by atoms with E-state index in [1.165, 1.54) is 0 Å². The predicted molar refractivity (Wildman–Crippen MR) is 97.4 cm³/mol. The number of likely N-dealkylation sites (tertiary alicyclic amines) is 1. The molecule has 5 nitrogen and oxygen atoms in total. The molecule has 2 heterocycles. The van der Waals surface area contributed by atoms with Gasteiger partial charge in [0.15, 0.2) is 0 Å². The summed E-state index contributed by atoms with van der Waals surface area (Å²) in [6.45, 7) is 1.50. The molecule has 2 saturated heterocycles. The Bertz CT molecular complexity index is 610. The zero-order valence-corrected chi connectivity index (χ0v) is 15.3. The molecule has 2 aliphatic rings. The number of likely N-dealkylation sites (N-methyl/N-ethyl adjacent to an activating group) is 1. The summed E-state index contributed by atoms with van der Waals surface area (Å²) >= 11 is 7.52. The Morgan fingerprint density at radius 3 is 2.75 bits per heavy atom. The maximum absolute atomic E-state index is 12.9. The molecule has 0 radical (unpaired) electrons. The Morgan fingerprint density at radius 2 is 2.04 bits per heavy atom. The second-order valence-corrected chi connectivity index (χ2v) is 7.65. The number of piperidine rings is 1. The lowest BCUT2D eigenvalue weighted by molar-refractivity contribution is -0.136. The lowest BCUT2D eigenvalue weighted by Crippen LogP contribution is -2.54. The van der Waals surface area contributed by atoms with Crippen molar-refractivity contribution in [2.45, 2.75) is 24.9 Å². The monoisotopic (exact) mass is 367 g/mol. The van der Waals surface area contributed by atoms with Gasteiger partial charge in [0, 0.05) is 35.5 Å². The molecule has 1 aromatic rings. The molecular weight excluding hydrogens is 346 g/mol. The molecular formula is C17H22ClN3O2S. The van der Waals surface area contributed by atoms with Crippen LogP contribution in [0.5, 0.6) is 0 Å². The highest BCUT2D eigenvalue weighted by Crippen LogP contribution is 2.26. The van der Waals surface area contributed by atoms with E-state index >= 15 is 0 Å². The smallest absolute Gasteiger partial charge is 0.255 e. The zero-order chi connectivity index (χ0) is 17.1. The SMILES string of the molecule is CNC1CCCN(C(=O)C2CSCN2C(=O)c2ccc(Cl)cc2)C1. The van der Waals surface area contributed by atoms with E-state index in [0.717, 1.165) is 25.9 Å². The molecule has 2 unspecified atom stereocenters. The highest BCUT2D eigenvalue weighted by Gasteiger charge is 2.38. The van der Waals surface area contributed by atoms with E-state index in [9.17, 15) is 9.59 Å². The van der Waals surface area contributed by atoms with Gasteiger partial charge in [0.2, 0.25) is 5.91 Å². The van der Waals surface area contributed by atoms with Crippen molar-refractivity contribution in [1.29, 1.82) is 0 Å². The number of amides is 2. The van der Waals surface area contributed by atoms with Crippen LogP contribution < -0.4 is 5.32 Å². The van der Waals surface area contributed by atoms with Crippen LogP contribution in [0.2, 0.25) is 5.02 Å². The minimum atomic E-state index is -0.367. The summed E-state index contributed by atoms with van der Waals surface area (Å²) in [4.78, 5) is 29.3. The Hall–Kier alpha value is -1.24. The van der Waals surface area contributed by atoms with Gasteiger partial charge in [-0.05, 0) is 44.2 Å². The van der Waals surface area contributed by atoms with Gasteiger partial charge in [-0.25, -0.2) is 0 Å². The van der Waals surface area contributed by atoms with E-state index in [1.54, 1.807) is 40.9 Å². The van der Waals surface area contributed by atoms with Gasteiger partial charge in [-0.3, -0.25) is 9.59 Å². The number of hydrogen-bond acceptors (Lipinski definition) is 4. The molecule has 7 heteroatoms. The molecule has 130 valence electrons. The normalized spacial score (nSPS) is 24.2. The van der Waals surface area contributed by atoms with Gasteiger partial charge in [0.05, 0.1) is 5.88 Å². The molecule has 0 saturated carbocycles. The molecule has 0 aliphatic carbocycles. The summed E-state index contributed by atoms with van der Waals surface area (Å²) in [6, 6.07) is 6.82. The molecule has 3 rings (SSSR count). The first-order valence-corrected chi connectivity index (χ1v) is 9.73. The average Bonchev–Trinajstić information content (AvgIpc) is 3.11. The van der Waals surface area contributed by atoms with Gasteiger partial charge in [-0.1, -0.05) is 11.6 Å². The molecule has 1 N–H and O–H groups in total. The zero-order valence-electron chi connectivity index (χ0n) is 13.7. The molecule has 0 bridgehead atoms. The van der Waals surface area contributed by atoms with Crippen molar-refractivity contribution in [3.05, 3.63) is 34.9 Å². The first kappa shape index (κ1) is 17.6. The van der Waals surface area contributed by atoms with E-state index in [1.807, 2.05) is 11.9 Å². The fourth-order valence-electron chi connectivity index (χ4n) is 3.23. The second-order valence-electron chi connectivity index (χ2n) is 6.21. The standard InChI is InChI=1S/C17H22ClN3O2S/c1-19-14-3-2-8-20(9-14)17(23)15-10-24-11-21(15)16(22)12-4-6-13(18)7-5-12/h4-7,14-15,19H,2-3,8-11H2,1H3. The van der Waals surface area contributed by atoms with E-state index in [2.05, 4.69) is 5.32 Å². The second kappa shape index (κ2) is 7.76. The van der Waals surface area contributed by atoms with Crippen molar-refractivity contribution in [1.82, 2.24) is 15.1 Å². The average molecular weight is 368 g/mol. The summed E-state index contributed by atoms with van der Waals surface area (Å²) in [6.07, 6.45) is 2.09. The molecule has 1 aromatic carbocycles. The first-order chi connectivity index (χ1) is 11.6. The van der Waals surface area contributed by atoms with Gasteiger partial charge < -0.3 is 15.1 Å². The van der Waals surface area contributed by atoms with Crippen LogP contribution in [0, 0.1) is 0 Å². The van der Waals surface area contributed by atoms with E-state index < -0.39 is 0 Å². The van der Waals surface area contributed by atoms with Crippen LogP contribution in [0.1, 0.15) is 23.2 Å². The number of nitrogens with zero attached hydrogens (tertiary/aromatic N) is 2. The summed E-state index contributed by atoms with van der Waals surface area (Å²) < 4.78 is 0. The number of carbonyl (C=O) groups is 2. The van der Waals surface area contributed by atoms with Crippen molar-refractivity contribution in [3.8, 4) is 0 Å². The van der Waals surface area contributed by atoms with Crippen molar-refractivity contribution in [2.24, 2.45) is 0 Å². The van der Waals surface area contributed by atoms with Gasteiger partial charge in [-0.15, -0.1) is 11.8 Å². The maximum atomic E-state index is 12.9. The topological polar surface area (TPSA) is 52.7 Å². The number of nitrogens with one attached hydrogen (secondary N) is 1. The Morgan fingerprint density at radius 1 is 1.29 bits per heavy atom. The minimum Gasteiger partial charge on any atom is -0.339 e. The van der Waals surface area contributed by atoms with Crippen LogP contribution in [0.15, 0.2) is 24.3 Å². The third-order valence-corrected chi connectivity index (χ3v) is 5.92. The quantitative estimate of drug-likeness (QED) is 0.888. The number of hydrogen-bond donors (Lipinski definition) is 1. The predicted octanol–water partition coefficient (Wildman–Crippen LogP) is 2.07. The highest BCUT2D eigenvalue weighted by atomic mass is 35.5. The third kappa shape index (κ3) is 3.71. The Kier molecular flexibility index (Phi) is 5.69. The van der Waals surface area contributed by atoms with Gasteiger partial charge >= 0.3 is 0 Å². The van der Waals surface area contributed by atoms with Crippen LogP contribution in [-0.2, 0) is 4.79 Å². The lowest BCUT2D eigenvalue weighted by Gasteiger charge is -2.35. The fourth-order valence-corrected chi connectivity index (χ4v) is 4.50. The molecule has 0 spiro atoms. The Balaban J connectivity index is 1.71. The van der Waals surface area contributed by atoms with Crippen LogP contribution >= 0.6 is 23.4 Å². The van der Waals surface area contributed by atoms with Crippen LogP contribution in [-0.4, -0.2) is 65.5 Å². The van der Waals surface area contributed by atoms with Crippen molar-refractivity contribution >= 4 is 35.2 Å². The van der Waals surface area contributed by atoms with Gasteiger partial charge in [0.25, 0.3) is 5.91 Å².